The SMILES string of the molecule is N#Cc1ccc2c(c1)c1cc(C#N)ccc1n2-c1cnc2c(c1)C1(c3ccccc3Oc3cc(N4c5ccccc5Oc5ccccc54)ccc31)c1cccnc1-2. The second-order valence-electron chi connectivity index (χ2n) is 14.4. The molecule has 3 aliphatic rings. The van der Waals surface area contributed by atoms with Gasteiger partial charge in [0.2, 0.25) is 0 Å². The van der Waals surface area contributed by atoms with Crippen molar-refractivity contribution in [3.63, 3.8) is 0 Å². The Bertz CT molecular complexity index is 3200. The van der Waals surface area contributed by atoms with Crippen LogP contribution in [0.25, 0.3) is 38.9 Å². The molecule has 6 aromatic carbocycles. The highest BCUT2D eigenvalue weighted by molar-refractivity contribution is 6.10. The van der Waals surface area contributed by atoms with E-state index in [4.69, 9.17) is 19.4 Å². The summed E-state index contributed by atoms with van der Waals surface area (Å²) < 4.78 is 15.4. The van der Waals surface area contributed by atoms with Gasteiger partial charge in [-0.15, -0.1) is 0 Å². The molecule has 0 saturated carbocycles. The van der Waals surface area contributed by atoms with Crippen molar-refractivity contribution in [1.82, 2.24) is 14.5 Å². The molecule has 9 aromatic rings. The van der Waals surface area contributed by atoms with E-state index in [1.807, 2.05) is 103 Å². The van der Waals surface area contributed by atoms with Gasteiger partial charge in [-0.05, 0) is 90.5 Å². The average molecular weight is 731 g/mol. The van der Waals surface area contributed by atoms with Crippen molar-refractivity contribution in [1.29, 1.82) is 10.5 Å². The van der Waals surface area contributed by atoms with E-state index in [1.165, 1.54) is 0 Å². The van der Waals surface area contributed by atoms with Crippen LogP contribution >= 0.6 is 0 Å². The van der Waals surface area contributed by atoms with Gasteiger partial charge in [-0.25, -0.2) is 0 Å². The first-order valence-electron chi connectivity index (χ1n) is 18.6. The maximum atomic E-state index is 9.82. The van der Waals surface area contributed by atoms with Gasteiger partial charge in [0.15, 0.2) is 11.5 Å². The third kappa shape index (κ3) is 4.13. The monoisotopic (exact) mass is 730 g/mol. The third-order valence-corrected chi connectivity index (χ3v) is 11.6. The first kappa shape index (κ1) is 31.2. The molecule has 264 valence electrons. The molecular weight excluding hydrogens is 705 g/mol. The molecule has 0 fully saturated rings. The second kappa shape index (κ2) is 11.4. The number of hydrogen-bond acceptors (Lipinski definition) is 7. The van der Waals surface area contributed by atoms with Crippen LogP contribution < -0.4 is 14.4 Å². The van der Waals surface area contributed by atoms with Gasteiger partial charge < -0.3 is 18.9 Å². The number of nitrogens with zero attached hydrogens (tertiary/aromatic N) is 6. The normalized spacial score (nSPS) is 15.3. The number of hydrogen-bond donors (Lipinski definition) is 0. The van der Waals surface area contributed by atoms with Gasteiger partial charge in [0, 0.05) is 39.7 Å². The van der Waals surface area contributed by atoms with Crippen LogP contribution in [0.4, 0.5) is 17.1 Å². The number of pyridine rings is 2. The van der Waals surface area contributed by atoms with E-state index >= 15 is 0 Å². The van der Waals surface area contributed by atoms with E-state index in [0.29, 0.717) is 11.1 Å². The summed E-state index contributed by atoms with van der Waals surface area (Å²) in [6.07, 6.45) is 3.72. The average Bonchev–Trinajstić information content (AvgIpc) is 3.74. The molecule has 1 aliphatic carbocycles. The van der Waals surface area contributed by atoms with Gasteiger partial charge in [-0.1, -0.05) is 54.6 Å². The van der Waals surface area contributed by atoms with Crippen molar-refractivity contribution in [2.24, 2.45) is 0 Å². The largest absolute Gasteiger partial charge is 0.457 e. The van der Waals surface area contributed by atoms with Gasteiger partial charge in [-0.2, -0.15) is 10.5 Å². The quantitative estimate of drug-likeness (QED) is 0.174. The first-order chi connectivity index (χ1) is 28.1. The van der Waals surface area contributed by atoms with Crippen LogP contribution in [-0.4, -0.2) is 14.5 Å². The van der Waals surface area contributed by atoms with Crippen LogP contribution in [0.1, 0.15) is 33.4 Å². The van der Waals surface area contributed by atoms with Gasteiger partial charge in [0.1, 0.15) is 11.5 Å². The Morgan fingerprint density at radius 3 is 1.79 bits per heavy atom. The Morgan fingerprint density at radius 1 is 0.491 bits per heavy atom. The molecule has 0 saturated heterocycles. The van der Waals surface area contributed by atoms with Gasteiger partial charge in [-0.3, -0.25) is 9.97 Å². The van der Waals surface area contributed by atoms with Gasteiger partial charge >= 0.3 is 0 Å². The lowest BCUT2D eigenvalue weighted by Crippen LogP contribution is -2.32. The molecule has 8 heteroatoms. The minimum absolute atomic E-state index is 0.551. The van der Waals surface area contributed by atoms with Crippen molar-refractivity contribution in [3.05, 3.63) is 191 Å². The van der Waals surface area contributed by atoms with Crippen LogP contribution in [0.3, 0.4) is 0 Å². The third-order valence-electron chi connectivity index (χ3n) is 11.6. The number of nitriles is 2. The van der Waals surface area contributed by atoms with Crippen LogP contribution in [0, 0.1) is 22.7 Å². The van der Waals surface area contributed by atoms with Crippen LogP contribution in [0.2, 0.25) is 0 Å². The van der Waals surface area contributed by atoms with Gasteiger partial charge in [0.25, 0.3) is 0 Å². The predicted molar refractivity (Wildman–Crippen MR) is 218 cm³/mol. The zero-order valence-corrected chi connectivity index (χ0v) is 30.0. The number of benzene rings is 6. The Balaban J connectivity index is 1.13. The molecule has 8 nitrogen and oxygen atoms in total. The van der Waals surface area contributed by atoms with E-state index in [0.717, 1.165) is 101 Å². The maximum absolute atomic E-state index is 9.82. The van der Waals surface area contributed by atoms with Crippen molar-refractivity contribution in [3.8, 4) is 52.2 Å². The highest BCUT2D eigenvalue weighted by atomic mass is 16.5. The number of ether oxygens (including phenoxy) is 2. The molecular formula is C49H26N6O2. The van der Waals surface area contributed by atoms with Crippen LogP contribution in [-0.2, 0) is 5.41 Å². The Labute approximate surface area is 326 Å². The zero-order valence-electron chi connectivity index (χ0n) is 30.0. The molecule has 0 bridgehead atoms. The number of para-hydroxylation sites is 5. The molecule has 5 heterocycles. The minimum Gasteiger partial charge on any atom is -0.457 e. The number of aromatic nitrogens is 3. The van der Waals surface area contributed by atoms with Crippen molar-refractivity contribution < 1.29 is 9.47 Å². The lowest BCUT2D eigenvalue weighted by molar-refractivity contribution is 0.436. The number of anilines is 3. The molecule has 57 heavy (non-hydrogen) atoms. The number of fused-ring (bicyclic) bond motifs is 14. The molecule has 0 radical (unpaired) electrons. The summed E-state index contributed by atoms with van der Waals surface area (Å²) in [6.45, 7) is 0. The Hall–Kier alpha value is -8.20. The van der Waals surface area contributed by atoms with E-state index in [2.05, 4.69) is 76.2 Å². The molecule has 12 rings (SSSR count). The summed E-state index contributed by atoms with van der Waals surface area (Å²) in [5.41, 5.74) is 11.4. The number of rotatable bonds is 2. The van der Waals surface area contributed by atoms with E-state index in [1.54, 1.807) is 0 Å². The fraction of sp³-hybridized carbons (Fsp3) is 0.0204. The lowest BCUT2D eigenvalue weighted by Gasteiger charge is -2.40. The lowest BCUT2D eigenvalue weighted by atomic mass is 9.66. The molecule has 0 N–H and O–H groups in total. The molecule has 1 atom stereocenters. The van der Waals surface area contributed by atoms with E-state index in [9.17, 15) is 10.5 Å². The summed E-state index contributed by atoms with van der Waals surface area (Å²) >= 11 is 0. The summed E-state index contributed by atoms with van der Waals surface area (Å²) in [5.74, 6) is 3.03. The molecule has 1 unspecified atom stereocenters. The van der Waals surface area contributed by atoms with Crippen LogP contribution in [0.15, 0.2) is 158 Å². The maximum Gasteiger partial charge on any atom is 0.151 e. The summed E-state index contributed by atoms with van der Waals surface area (Å²) in [6, 6.07) is 53.2. The van der Waals surface area contributed by atoms with E-state index < -0.39 is 5.41 Å². The van der Waals surface area contributed by atoms with Crippen molar-refractivity contribution in [2.75, 3.05) is 4.90 Å². The summed E-state index contributed by atoms with van der Waals surface area (Å²) in [5, 5.41) is 21.4. The first-order valence-corrected chi connectivity index (χ1v) is 18.6. The second-order valence-corrected chi connectivity index (χ2v) is 14.4. The summed E-state index contributed by atoms with van der Waals surface area (Å²) in [7, 11) is 0. The topological polar surface area (TPSA) is 100.0 Å². The highest BCUT2D eigenvalue weighted by Gasteiger charge is 2.53. The predicted octanol–water partition coefficient (Wildman–Crippen LogP) is 11.4. The molecule has 2 aliphatic heterocycles. The molecule has 1 spiro atoms. The standard InChI is InChI=1S/C49H26N6O2/c50-26-29-15-19-39-33(22-29)34-23-30(27-51)16-20-40(34)55(39)32-24-38-48(53-28-32)47-37(9-7-21-52-47)49(38)35-8-1-4-12-43(35)56-46-25-31(17-18-36(46)49)54-41-10-2-5-13-44(41)57-45-14-6-3-11-42(45)54/h1-25,28H. The van der Waals surface area contributed by atoms with Crippen molar-refractivity contribution >= 4 is 38.9 Å². The van der Waals surface area contributed by atoms with Crippen LogP contribution in [0.5, 0.6) is 23.0 Å². The minimum atomic E-state index is -0.827. The molecule has 3 aromatic heterocycles. The Kier molecular flexibility index (Phi) is 6.24. The summed E-state index contributed by atoms with van der Waals surface area (Å²) in [4.78, 5) is 12.4. The fourth-order valence-corrected chi connectivity index (χ4v) is 9.27. The molecule has 0 amide bonds. The fourth-order valence-electron chi connectivity index (χ4n) is 9.27. The Morgan fingerprint density at radius 2 is 1.09 bits per heavy atom. The van der Waals surface area contributed by atoms with E-state index in [-0.39, 0.29) is 0 Å². The zero-order chi connectivity index (χ0) is 37.8. The van der Waals surface area contributed by atoms with Crippen molar-refractivity contribution in [2.45, 2.75) is 5.41 Å². The smallest absolute Gasteiger partial charge is 0.151 e. The van der Waals surface area contributed by atoms with Gasteiger partial charge in [0.05, 0.1) is 80.0 Å². The highest BCUT2D eigenvalue weighted by Crippen LogP contribution is 2.62.